The second kappa shape index (κ2) is 9.55. The van der Waals surface area contributed by atoms with Crippen molar-refractivity contribution in [2.75, 3.05) is 18.0 Å². The highest BCUT2D eigenvalue weighted by Crippen LogP contribution is 2.38. The number of hydrogen-bond acceptors (Lipinski definition) is 3. The van der Waals surface area contributed by atoms with Crippen molar-refractivity contribution in [2.24, 2.45) is 5.92 Å². The van der Waals surface area contributed by atoms with Crippen molar-refractivity contribution >= 4 is 28.1 Å². The fraction of sp³-hybridized carbons (Fsp3) is 0.258. The molecule has 1 heterocycles. The van der Waals surface area contributed by atoms with Crippen LogP contribution in [0.3, 0.4) is 0 Å². The fourth-order valence-corrected chi connectivity index (χ4v) is 5.58. The van der Waals surface area contributed by atoms with Crippen LogP contribution in [0, 0.1) is 19.8 Å². The summed E-state index contributed by atoms with van der Waals surface area (Å²) in [7, 11) is 0. The molecule has 0 spiro atoms. The standard InChI is InChI=1S/C31H32N2O2/c1-20-15-16-28(21(2)30(20)31(34)35)33-19-23(17-25-10-5-7-14-29(25)33)18-32-22(3)26-13-8-11-24-9-4-6-12-27(24)26/h4-16,22-23,32H,17-19H2,1-3H3,(H,34,35). The molecule has 5 rings (SSSR count). The van der Waals surface area contributed by atoms with Gasteiger partial charge in [0.15, 0.2) is 0 Å². The van der Waals surface area contributed by atoms with E-state index in [1.54, 1.807) is 0 Å². The zero-order valence-corrected chi connectivity index (χ0v) is 20.6. The van der Waals surface area contributed by atoms with E-state index in [1.807, 2.05) is 19.9 Å². The number of carbonyl (C=O) groups is 1. The number of carboxylic acids is 1. The van der Waals surface area contributed by atoms with Gasteiger partial charge in [-0.05, 0) is 78.3 Å². The van der Waals surface area contributed by atoms with Gasteiger partial charge >= 0.3 is 5.97 Å². The first-order valence-corrected chi connectivity index (χ1v) is 12.3. The summed E-state index contributed by atoms with van der Waals surface area (Å²) >= 11 is 0. The molecular weight excluding hydrogens is 432 g/mol. The summed E-state index contributed by atoms with van der Waals surface area (Å²) in [6, 6.07) is 27.8. The molecule has 1 aliphatic rings. The van der Waals surface area contributed by atoms with Crippen molar-refractivity contribution in [3.05, 3.63) is 107 Å². The lowest BCUT2D eigenvalue weighted by atomic mass is 9.90. The van der Waals surface area contributed by atoms with Crippen molar-refractivity contribution in [2.45, 2.75) is 33.2 Å². The Hall–Kier alpha value is -3.63. The molecule has 0 aromatic heterocycles. The SMILES string of the molecule is Cc1ccc(N2CC(CNC(C)c3cccc4ccccc34)Cc3ccccc32)c(C)c1C(=O)O. The minimum atomic E-state index is -0.866. The van der Waals surface area contributed by atoms with Crippen LogP contribution in [0.5, 0.6) is 0 Å². The monoisotopic (exact) mass is 464 g/mol. The number of rotatable bonds is 6. The molecule has 4 aromatic carbocycles. The van der Waals surface area contributed by atoms with Crippen LogP contribution in [0.4, 0.5) is 11.4 Å². The molecule has 0 fully saturated rings. The first kappa shape index (κ1) is 23.1. The molecule has 0 amide bonds. The van der Waals surface area contributed by atoms with E-state index in [2.05, 4.69) is 89.9 Å². The van der Waals surface area contributed by atoms with Gasteiger partial charge in [0, 0.05) is 30.5 Å². The molecule has 2 atom stereocenters. The van der Waals surface area contributed by atoms with Crippen LogP contribution in [0.1, 0.15) is 45.6 Å². The second-order valence-electron chi connectivity index (χ2n) is 9.71. The van der Waals surface area contributed by atoms with E-state index in [9.17, 15) is 9.90 Å². The van der Waals surface area contributed by atoms with Gasteiger partial charge in [0.25, 0.3) is 0 Å². The number of hydrogen-bond donors (Lipinski definition) is 2. The predicted molar refractivity (Wildman–Crippen MR) is 144 cm³/mol. The highest BCUT2D eigenvalue weighted by Gasteiger charge is 2.28. The summed E-state index contributed by atoms with van der Waals surface area (Å²) < 4.78 is 0. The average molecular weight is 465 g/mol. The molecule has 1 aliphatic heterocycles. The summed E-state index contributed by atoms with van der Waals surface area (Å²) in [5.41, 5.74) is 6.80. The second-order valence-corrected chi connectivity index (χ2v) is 9.71. The van der Waals surface area contributed by atoms with Gasteiger partial charge in [-0.3, -0.25) is 0 Å². The fourth-order valence-electron chi connectivity index (χ4n) is 5.58. The van der Waals surface area contributed by atoms with Crippen LogP contribution < -0.4 is 10.2 Å². The summed E-state index contributed by atoms with van der Waals surface area (Å²) in [5.74, 6) is -0.467. The van der Waals surface area contributed by atoms with Crippen molar-refractivity contribution in [3.8, 4) is 0 Å². The maximum absolute atomic E-state index is 12.0. The van der Waals surface area contributed by atoms with Crippen molar-refractivity contribution in [1.29, 1.82) is 0 Å². The molecule has 4 heteroatoms. The van der Waals surface area contributed by atoms with Crippen molar-refractivity contribution < 1.29 is 9.90 Å². The molecule has 0 bridgehead atoms. The average Bonchev–Trinajstić information content (AvgIpc) is 2.86. The number of anilines is 2. The normalized spacial score (nSPS) is 16.2. The number of aromatic carboxylic acids is 1. The Morgan fingerprint density at radius 3 is 2.54 bits per heavy atom. The van der Waals surface area contributed by atoms with Gasteiger partial charge in [0.1, 0.15) is 0 Å². The summed E-state index contributed by atoms with van der Waals surface area (Å²) in [5, 5.41) is 16.2. The van der Waals surface area contributed by atoms with Crippen LogP contribution >= 0.6 is 0 Å². The number of para-hydroxylation sites is 1. The number of nitrogens with one attached hydrogen (secondary N) is 1. The third kappa shape index (κ3) is 4.42. The molecule has 2 unspecified atom stereocenters. The van der Waals surface area contributed by atoms with Crippen LogP contribution in [0.2, 0.25) is 0 Å². The molecular formula is C31H32N2O2. The first-order chi connectivity index (χ1) is 16.9. The van der Waals surface area contributed by atoms with Gasteiger partial charge in [0.05, 0.1) is 5.56 Å². The van der Waals surface area contributed by atoms with Gasteiger partial charge in [-0.25, -0.2) is 4.79 Å². The van der Waals surface area contributed by atoms with Crippen LogP contribution in [-0.4, -0.2) is 24.2 Å². The van der Waals surface area contributed by atoms with E-state index in [0.717, 1.165) is 36.3 Å². The predicted octanol–water partition coefficient (Wildman–Crippen LogP) is 6.82. The smallest absolute Gasteiger partial charge is 0.336 e. The van der Waals surface area contributed by atoms with E-state index in [0.29, 0.717) is 11.5 Å². The van der Waals surface area contributed by atoms with Crippen LogP contribution in [-0.2, 0) is 6.42 Å². The molecule has 4 aromatic rings. The Kier molecular flexibility index (Phi) is 6.31. The van der Waals surface area contributed by atoms with Crippen LogP contribution in [0.25, 0.3) is 10.8 Å². The zero-order valence-electron chi connectivity index (χ0n) is 20.6. The minimum Gasteiger partial charge on any atom is -0.478 e. The van der Waals surface area contributed by atoms with Gasteiger partial charge in [-0.1, -0.05) is 66.7 Å². The highest BCUT2D eigenvalue weighted by molar-refractivity contribution is 5.93. The summed E-state index contributed by atoms with van der Waals surface area (Å²) in [6.07, 6.45) is 0.999. The van der Waals surface area contributed by atoms with Gasteiger partial charge in [0.2, 0.25) is 0 Å². The first-order valence-electron chi connectivity index (χ1n) is 12.3. The number of benzene rings is 4. The van der Waals surface area contributed by atoms with Crippen molar-refractivity contribution in [1.82, 2.24) is 5.32 Å². The quantitative estimate of drug-likeness (QED) is 0.329. The summed E-state index contributed by atoms with van der Waals surface area (Å²) in [6.45, 7) is 7.76. The largest absolute Gasteiger partial charge is 0.478 e. The maximum Gasteiger partial charge on any atom is 0.336 e. The molecule has 35 heavy (non-hydrogen) atoms. The Morgan fingerprint density at radius 2 is 1.71 bits per heavy atom. The highest BCUT2D eigenvalue weighted by atomic mass is 16.4. The Labute approximate surface area is 207 Å². The third-order valence-corrected chi connectivity index (χ3v) is 7.38. The third-order valence-electron chi connectivity index (χ3n) is 7.38. The van der Waals surface area contributed by atoms with Gasteiger partial charge in [-0.2, -0.15) is 0 Å². The van der Waals surface area contributed by atoms with Gasteiger partial charge in [-0.15, -0.1) is 0 Å². The number of fused-ring (bicyclic) bond motifs is 2. The number of aryl methyl sites for hydroxylation is 1. The van der Waals surface area contributed by atoms with E-state index in [4.69, 9.17) is 0 Å². The molecule has 0 aliphatic carbocycles. The number of carboxylic acid groups (broad SMARTS) is 1. The topological polar surface area (TPSA) is 52.6 Å². The van der Waals surface area contributed by atoms with E-state index in [-0.39, 0.29) is 6.04 Å². The molecule has 0 radical (unpaired) electrons. The molecule has 0 saturated carbocycles. The minimum absolute atomic E-state index is 0.228. The Bertz CT molecular complexity index is 1390. The molecule has 0 saturated heterocycles. The molecule has 4 nitrogen and oxygen atoms in total. The van der Waals surface area contributed by atoms with Crippen LogP contribution in [0.15, 0.2) is 78.9 Å². The van der Waals surface area contributed by atoms with E-state index < -0.39 is 5.97 Å². The molecule has 2 N–H and O–H groups in total. The maximum atomic E-state index is 12.0. The van der Waals surface area contributed by atoms with E-state index >= 15 is 0 Å². The van der Waals surface area contributed by atoms with Crippen molar-refractivity contribution in [3.63, 3.8) is 0 Å². The lowest BCUT2D eigenvalue weighted by Crippen LogP contribution is -2.38. The molecule has 178 valence electrons. The Morgan fingerprint density at radius 1 is 0.971 bits per heavy atom. The van der Waals surface area contributed by atoms with Gasteiger partial charge < -0.3 is 15.3 Å². The lowest BCUT2D eigenvalue weighted by Gasteiger charge is -2.38. The number of nitrogens with zero attached hydrogens (tertiary/aromatic N) is 1. The van der Waals surface area contributed by atoms with E-state index in [1.165, 1.54) is 27.6 Å². The summed E-state index contributed by atoms with van der Waals surface area (Å²) in [4.78, 5) is 14.3. The Balaban J connectivity index is 1.42. The lowest BCUT2D eigenvalue weighted by molar-refractivity contribution is 0.0695. The zero-order chi connectivity index (χ0) is 24.5.